The third-order valence-electron chi connectivity index (χ3n) is 4.99. The number of nitrogens with one attached hydrogen (secondary N) is 1. The summed E-state index contributed by atoms with van der Waals surface area (Å²) < 4.78 is 11.1. The van der Waals surface area contributed by atoms with Crippen molar-refractivity contribution in [2.75, 3.05) is 13.7 Å². The zero-order valence-corrected chi connectivity index (χ0v) is 18.7. The number of hydrogen-bond acceptors (Lipinski definition) is 4. The number of nitrogens with zero attached hydrogens (tertiary/aromatic N) is 1. The Labute approximate surface area is 179 Å². The van der Waals surface area contributed by atoms with E-state index in [9.17, 15) is 9.59 Å². The molecule has 2 rings (SSSR count). The lowest BCUT2D eigenvalue weighted by atomic mass is 10.1. The highest BCUT2D eigenvalue weighted by Crippen LogP contribution is 2.21. The molecule has 0 saturated carbocycles. The van der Waals surface area contributed by atoms with Gasteiger partial charge in [0.2, 0.25) is 5.91 Å². The molecular weight excluding hydrogens is 380 g/mol. The van der Waals surface area contributed by atoms with Crippen molar-refractivity contribution in [3.8, 4) is 11.5 Å². The molecule has 30 heavy (non-hydrogen) atoms. The molecule has 0 aliphatic carbocycles. The van der Waals surface area contributed by atoms with Crippen LogP contribution in [-0.2, 0) is 16.1 Å². The first-order chi connectivity index (χ1) is 14.2. The van der Waals surface area contributed by atoms with Gasteiger partial charge in [0.05, 0.1) is 7.11 Å². The fourth-order valence-electron chi connectivity index (χ4n) is 3.06. The molecule has 0 radical (unpaired) electrons. The SMILES string of the molecule is COc1cccc(CN(C(=O)COc2cccc(C)c2C)[C@@H](C)C(=O)NC(C)C)c1. The summed E-state index contributed by atoms with van der Waals surface area (Å²) in [6.07, 6.45) is 0. The number of aryl methyl sites for hydroxylation is 1. The molecule has 0 unspecified atom stereocenters. The number of benzene rings is 2. The van der Waals surface area contributed by atoms with Crippen molar-refractivity contribution in [3.63, 3.8) is 0 Å². The molecule has 2 aromatic carbocycles. The van der Waals surface area contributed by atoms with E-state index in [1.54, 1.807) is 14.0 Å². The van der Waals surface area contributed by atoms with Gasteiger partial charge in [-0.05, 0) is 69.5 Å². The van der Waals surface area contributed by atoms with E-state index in [0.29, 0.717) is 11.5 Å². The molecule has 0 aromatic heterocycles. The molecule has 1 atom stereocenters. The first-order valence-electron chi connectivity index (χ1n) is 10.1. The summed E-state index contributed by atoms with van der Waals surface area (Å²) in [5.74, 6) is 0.910. The lowest BCUT2D eigenvalue weighted by molar-refractivity contribution is -0.142. The highest BCUT2D eigenvalue weighted by molar-refractivity contribution is 5.88. The first-order valence-corrected chi connectivity index (χ1v) is 10.1. The van der Waals surface area contributed by atoms with Crippen LogP contribution >= 0.6 is 0 Å². The maximum atomic E-state index is 13.1. The molecule has 0 aliphatic rings. The third kappa shape index (κ3) is 6.24. The van der Waals surface area contributed by atoms with Crippen LogP contribution in [-0.4, -0.2) is 42.5 Å². The number of carbonyl (C=O) groups is 2. The van der Waals surface area contributed by atoms with Gasteiger partial charge in [-0.15, -0.1) is 0 Å². The maximum absolute atomic E-state index is 13.1. The number of methoxy groups -OCH3 is 1. The Bertz CT molecular complexity index is 879. The molecule has 1 N–H and O–H groups in total. The van der Waals surface area contributed by atoms with Crippen molar-refractivity contribution < 1.29 is 19.1 Å². The Kier molecular flexibility index (Phi) is 8.27. The van der Waals surface area contributed by atoms with Crippen LogP contribution in [0.15, 0.2) is 42.5 Å². The van der Waals surface area contributed by atoms with Crippen LogP contribution in [0.1, 0.15) is 37.5 Å². The lowest BCUT2D eigenvalue weighted by Gasteiger charge is -2.29. The van der Waals surface area contributed by atoms with E-state index in [1.807, 2.05) is 70.2 Å². The first kappa shape index (κ1) is 23.3. The summed E-state index contributed by atoms with van der Waals surface area (Å²) in [6, 6.07) is 12.5. The Morgan fingerprint density at radius 1 is 1.07 bits per heavy atom. The van der Waals surface area contributed by atoms with Gasteiger partial charge in [-0.3, -0.25) is 9.59 Å². The third-order valence-corrected chi connectivity index (χ3v) is 4.99. The van der Waals surface area contributed by atoms with Crippen molar-refractivity contribution in [2.24, 2.45) is 0 Å². The second-order valence-electron chi connectivity index (χ2n) is 7.70. The fourth-order valence-corrected chi connectivity index (χ4v) is 3.06. The monoisotopic (exact) mass is 412 g/mol. The molecule has 2 aromatic rings. The van der Waals surface area contributed by atoms with E-state index < -0.39 is 6.04 Å². The van der Waals surface area contributed by atoms with E-state index in [-0.39, 0.29) is 31.0 Å². The predicted molar refractivity (Wildman–Crippen MR) is 118 cm³/mol. The van der Waals surface area contributed by atoms with Crippen LogP contribution in [0.4, 0.5) is 0 Å². The number of hydrogen-bond donors (Lipinski definition) is 1. The quantitative estimate of drug-likeness (QED) is 0.683. The van der Waals surface area contributed by atoms with Crippen LogP contribution in [0.5, 0.6) is 11.5 Å². The molecule has 0 fully saturated rings. The molecule has 2 amide bonds. The van der Waals surface area contributed by atoms with Gasteiger partial charge in [0.1, 0.15) is 17.5 Å². The minimum atomic E-state index is -0.645. The van der Waals surface area contributed by atoms with Crippen LogP contribution in [0.3, 0.4) is 0 Å². The molecule has 0 saturated heterocycles. The van der Waals surface area contributed by atoms with Gasteiger partial charge >= 0.3 is 0 Å². The largest absolute Gasteiger partial charge is 0.497 e. The number of rotatable bonds is 9. The molecule has 0 bridgehead atoms. The van der Waals surface area contributed by atoms with Gasteiger partial charge in [0, 0.05) is 12.6 Å². The van der Waals surface area contributed by atoms with Crippen molar-refractivity contribution in [3.05, 3.63) is 59.2 Å². The highest BCUT2D eigenvalue weighted by atomic mass is 16.5. The Hall–Kier alpha value is -3.02. The van der Waals surface area contributed by atoms with E-state index in [4.69, 9.17) is 9.47 Å². The summed E-state index contributed by atoms with van der Waals surface area (Å²) in [4.78, 5) is 27.2. The smallest absolute Gasteiger partial charge is 0.261 e. The lowest BCUT2D eigenvalue weighted by Crippen LogP contribution is -2.50. The number of amides is 2. The number of carbonyl (C=O) groups excluding carboxylic acids is 2. The maximum Gasteiger partial charge on any atom is 0.261 e. The zero-order chi connectivity index (χ0) is 22.3. The van der Waals surface area contributed by atoms with Crippen molar-refractivity contribution >= 4 is 11.8 Å². The standard InChI is InChI=1S/C24H32N2O4/c1-16(2)25-24(28)19(5)26(14-20-10-8-11-21(13-20)29-6)23(27)15-30-22-12-7-9-17(3)18(22)4/h7-13,16,19H,14-15H2,1-6H3,(H,25,28)/t19-/m0/s1. The van der Waals surface area contributed by atoms with Crippen LogP contribution in [0, 0.1) is 13.8 Å². The van der Waals surface area contributed by atoms with Crippen molar-refractivity contribution in [1.29, 1.82) is 0 Å². The Morgan fingerprint density at radius 3 is 2.43 bits per heavy atom. The highest BCUT2D eigenvalue weighted by Gasteiger charge is 2.27. The van der Waals surface area contributed by atoms with Crippen LogP contribution in [0.2, 0.25) is 0 Å². The molecule has 0 aliphatic heterocycles. The van der Waals surface area contributed by atoms with E-state index in [0.717, 1.165) is 16.7 Å². The van der Waals surface area contributed by atoms with Crippen molar-refractivity contribution in [1.82, 2.24) is 10.2 Å². The normalized spacial score (nSPS) is 11.7. The molecule has 0 spiro atoms. The fraction of sp³-hybridized carbons (Fsp3) is 0.417. The van der Waals surface area contributed by atoms with Gasteiger partial charge in [0.25, 0.3) is 5.91 Å². The van der Waals surface area contributed by atoms with Gasteiger partial charge in [-0.25, -0.2) is 0 Å². The second-order valence-corrected chi connectivity index (χ2v) is 7.70. The van der Waals surface area contributed by atoms with Crippen molar-refractivity contribution in [2.45, 2.75) is 53.2 Å². The predicted octanol–water partition coefficient (Wildman–Crippen LogP) is 3.63. The summed E-state index contributed by atoms with van der Waals surface area (Å²) in [5.41, 5.74) is 2.96. The average molecular weight is 413 g/mol. The zero-order valence-electron chi connectivity index (χ0n) is 18.7. The van der Waals surface area contributed by atoms with Gasteiger partial charge in [-0.1, -0.05) is 24.3 Å². The summed E-state index contributed by atoms with van der Waals surface area (Å²) in [5, 5.41) is 2.88. The molecule has 162 valence electrons. The molecular formula is C24H32N2O4. The van der Waals surface area contributed by atoms with Gasteiger partial charge in [-0.2, -0.15) is 0 Å². The Balaban J connectivity index is 2.21. The number of ether oxygens (including phenoxy) is 2. The molecule has 0 heterocycles. The summed E-state index contributed by atoms with van der Waals surface area (Å²) in [7, 11) is 1.60. The van der Waals surface area contributed by atoms with E-state index in [2.05, 4.69) is 5.32 Å². The Morgan fingerprint density at radius 2 is 1.77 bits per heavy atom. The minimum absolute atomic E-state index is 0.0140. The second kappa shape index (κ2) is 10.7. The van der Waals surface area contributed by atoms with E-state index >= 15 is 0 Å². The van der Waals surface area contributed by atoms with Crippen LogP contribution < -0.4 is 14.8 Å². The van der Waals surface area contributed by atoms with Gasteiger partial charge < -0.3 is 19.7 Å². The molecule has 6 heteroatoms. The summed E-state index contributed by atoms with van der Waals surface area (Å²) >= 11 is 0. The van der Waals surface area contributed by atoms with Gasteiger partial charge in [0.15, 0.2) is 6.61 Å². The average Bonchev–Trinajstić information content (AvgIpc) is 2.72. The molecule has 6 nitrogen and oxygen atoms in total. The minimum Gasteiger partial charge on any atom is -0.497 e. The van der Waals surface area contributed by atoms with Crippen LogP contribution in [0.25, 0.3) is 0 Å². The van der Waals surface area contributed by atoms with E-state index in [1.165, 1.54) is 4.90 Å². The summed E-state index contributed by atoms with van der Waals surface area (Å²) in [6.45, 7) is 9.60. The topological polar surface area (TPSA) is 67.9 Å².